The average Bonchev–Trinajstić information content (AvgIpc) is 2.30. The number of anilines is 1. The van der Waals surface area contributed by atoms with Crippen molar-refractivity contribution < 1.29 is 4.79 Å². The lowest BCUT2D eigenvalue weighted by Crippen LogP contribution is -2.14. The van der Waals surface area contributed by atoms with E-state index in [1.807, 2.05) is 6.07 Å². The Bertz CT molecular complexity index is 408. The summed E-state index contributed by atoms with van der Waals surface area (Å²) in [5.74, 6) is 0.771. The van der Waals surface area contributed by atoms with Crippen molar-refractivity contribution in [3.63, 3.8) is 0 Å². The summed E-state index contributed by atoms with van der Waals surface area (Å²) in [7, 11) is 0. The number of nitriles is 1. The molecule has 5 heteroatoms. The average molecular weight is 233 g/mol. The summed E-state index contributed by atoms with van der Waals surface area (Å²) in [6.07, 6.45) is 1.26. The number of hydrogen-bond donors (Lipinski definition) is 2. The van der Waals surface area contributed by atoms with E-state index >= 15 is 0 Å². The molecular formula is C11H11N3OS. The van der Waals surface area contributed by atoms with E-state index in [2.05, 4.69) is 5.32 Å². The fraction of sp³-hybridized carbons (Fsp3) is 0.182. The monoisotopic (exact) mass is 233 g/mol. The first-order chi connectivity index (χ1) is 7.76. The molecule has 0 radical (unpaired) electrons. The van der Waals surface area contributed by atoms with Crippen LogP contribution in [0.2, 0.25) is 0 Å². The van der Waals surface area contributed by atoms with Gasteiger partial charge in [0, 0.05) is 17.7 Å². The van der Waals surface area contributed by atoms with E-state index in [1.54, 1.807) is 24.3 Å². The molecule has 0 aliphatic heterocycles. The number of nitrogens with zero attached hydrogens (tertiary/aromatic N) is 1. The van der Waals surface area contributed by atoms with Gasteiger partial charge in [-0.1, -0.05) is 0 Å². The number of nitrogens with one attached hydrogen (secondary N) is 2. The Morgan fingerprint density at radius 1 is 1.50 bits per heavy atom. The second-order valence-electron chi connectivity index (χ2n) is 2.96. The number of amides is 1. The standard InChI is InChI=1S/C11H11N3OS/c12-5-6-16-8-11(15)14-10-3-1-9(7-13)2-4-10/h1-5,12H,6,8H2,(H,14,15). The summed E-state index contributed by atoms with van der Waals surface area (Å²) in [5, 5.41) is 18.1. The Balaban J connectivity index is 2.44. The van der Waals surface area contributed by atoms with Gasteiger partial charge in [0.05, 0.1) is 17.4 Å². The highest BCUT2D eigenvalue weighted by molar-refractivity contribution is 8.00. The van der Waals surface area contributed by atoms with Crippen LogP contribution < -0.4 is 5.32 Å². The van der Waals surface area contributed by atoms with E-state index in [0.29, 0.717) is 22.8 Å². The maximum Gasteiger partial charge on any atom is 0.234 e. The molecule has 0 unspecified atom stereocenters. The molecular weight excluding hydrogens is 222 g/mol. The smallest absolute Gasteiger partial charge is 0.234 e. The summed E-state index contributed by atoms with van der Waals surface area (Å²) >= 11 is 1.38. The van der Waals surface area contributed by atoms with Gasteiger partial charge >= 0.3 is 0 Å². The van der Waals surface area contributed by atoms with Crippen LogP contribution in [0.15, 0.2) is 24.3 Å². The number of rotatable bonds is 5. The van der Waals surface area contributed by atoms with Crippen molar-refractivity contribution in [1.29, 1.82) is 10.7 Å². The van der Waals surface area contributed by atoms with E-state index in [4.69, 9.17) is 10.7 Å². The number of benzene rings is 1. The van der Waals surface area contributed by atoms with Crippen LogP contribution in [0, 0.1) is 16.7 Å². The van der Waals surface area contributed by atoms with Crippen molar-refractivity contribution in [2.45, 2.75) is 0 Å². The molecule has 4 nitrogen and oxygen atoms in total. The van der Waals surface area contributed by atoms with E-state index in [9.17, 15) is 4.79 Å². The van der Waals surface area contributed by atoms with Gasteiger partial charge in [0.1, 0.15) is 0 Å². The Morgan fingerprint density at radius 2 is 2.19 bits per heavy atom. The van der Waals surface area contributed by atoms with E-state index < -0.39 is 0 Å². The van der Waals surface area contributed by atoms with Crippen LogP contribution in [-0.4, -0.2) is 23.6 Å². The van der Waals surface area contributed by atoms with Crippen LogP contribution in [0.25, 0.3) is 0 Å². The van der Waals surface area contributed by atoms with Crippen LogP contribution in [-0.2, 0) is 4.79 Å². The second-order valence-corrected chi connectivity index (χ2v) is 3.99. The van der Waals surface area contributed by atoms with E-state index in [-0.39, 0.29) is 5.91 Å². The minimum atomic E-state index is -0.100. The van der Waals surface area contributed by atoms with Crippen molar-refractivity contribution >= 4 is 29.6 Å². The molecule has 16 heavy (non-hydrogen) atoms. The highest BCUT2D eigenvalue weighted by Crippen LogP contribution is 2.09. The second kappa shape index (κ2) is 6.64. The summed E-state index contributed by atoms with van der Waals surface area (Å²) in [6, 6.07) is 8.70. The molecule has 2 N–H and O–H groups in total. The molecule has 0 saturated heterocycles. The minimum absolute atomic E-state index is 0.100. The zero-order valence-electron chi connectivity index (χ0n) is 8.56. The Kier molecular flexibility index (Phi) is 5.09. The molecule has 0 aromatic heterocycles. The van der Waals surface area contributed by atoms with Gasteiger partial charge in [-0.25, -0.2) is 0 Å². The van der Waals surface area contributed by atoms with Gasteiger partial charge < -0.3 is 10.7 Å². The molecule has 0 bridgehead atoms. The van der Waals surface area contributed by atoms with Crippen LogP contribution in [0.1, 0.15) is 5.56 Å². The maximum absolute atomic E-state index is 11.4. The molecule has 0 aliphatic rings. The first-order valence-corrected chi connectivity index (χ1v) is 5.78. The third kappa shape index (κ3) is 4.15. The maximum atomic E-state index is 11.4. The van der Waals surface area contributed by atoms with Gasteiger partial charge in [0.2, 0.25) is 5.91 Å². The number of hydrogen-bond acceptors (Lipinski definition) is 4. The predicted molar refractivity (Wildman–Crippen MR) is 65.9 cm³/mol. The highest BCUT2D eigenvalue weighted by Gasteiger charge is 2.01. The molecule has 1 amide bonds. The summed E-state index contributed by atoms with van der Waals surface area (Å²) in [6.45, 7) is 0. The van der Waals surface area contributed by atoms with Gasteiger partial charge in [-0.05, 0) is 24.3 Å². The largest absolute Gasteiger partial charge is 0.325 e. The Labute approximate surface area is 98.2 Å². The van der Waals surface area contributed by atoms with Crippen LogP contribution in [0.4, 0.5) is 5.69 Å². The summed E-state index contributed by atoms with van der Waals surface area (Å²) in [5.41, 5.74) is 1.25. The lowest BCUT2D eigenvalue weighted by molar-refractivity contribution is -0.113. The van der Waals surface area contributed by atoms with Gasteiger partial charge in [-0.15, -0.1) is 11.8 Å². The van der Waals surface area contributed by atoms with Gasteiger partial charge in [-0.3, -0.25) is 4.79 Å². The van der Waals surface area contributed by atoms with Gasteiger partial charge in [0.25, 0.3) is 0 Å². The molecule has 1 aromatic rings. The van der Waals surface area contributed by atoms with E-state index in [1.165, 1.54) is 18.0 Å². The van der Waals surface area contributed by atoms with Crippen molar-refractivity contribution in [3.05, 3.63) is 29.8 Å². The third-order valence-corrected chi connectivity index (χ3v) is 2.60. The van der Waals surface area contributed by atoms with Crippen LogP contribution >= 0.6 is 11.8 Å². The van der Waals surface area contributed by atoms with E-state index in [0.717, 1.165) is 0 Å². The Morgan fingerprint density at radius 3 is 2.75 bits per heavy atom. The zero-order valence-corrected chi connectivity index (χ0v) is 9.38. The molecule has 0 aliphatic carbocycles. The first-order valence-electron chi connectivity index (χ1n) is 4.63. The number of carbonyl (C=O) groups is 1. The lowest BCUT2D eigenvalue weighted by atomic mass is 10.2. The molecule has 1 aromatic carbocycles. The van der Waals surface area contributed by atoms with Crippen molar-refractivity contribution in [1.82, 2.24) is 0 Å². The number of carbonyl (C=O) groups excluding carboxylic acids is 1. The van der Waals surface area contributed by atoms with Gasteiger partial charge in [0.15, 0.2) is 0 Å². The third-order valence-electron chi connectivity index (χ3n) is 1.73. The normalized spacial score (nSPS) is 9.19. The molecule has 0 spiro atoms. The van der Waals surface area contributed by atoms with Gasteiger partial charge in [-0.2, -0.15) is 5.26 Å². The van der Waals surface area contributed by atoms with Crippen LogP contribution in [0.5, 0.6) is 0 Å². The Hall–Kier alpha value is -1.80. The zero-order chi connectivity index (χ0) is 11.8. The van der Waals surface area contributed by atoms with Crippen LogP contribution in [0.3, 0.4) is 0 Å². The molecule has 0 heterocycles. The fourth-order valence-corrected chi connectivity index (χ4v) is 1.53. The summed E-state index contributed by atoms with van der Waals surface area (Å²) in [4.78, 5) is 11.4. The molecule has 0 saturated carbocycles. The minimum Gasteiger partial charge on any atom is -0.325 e. The van der Waals surface area contributed by atoms with Crippen molar-refractivity contribution in [2.24, 2.45) is 0 Å². The molecule has 82 valence electrons. The molecule has 1 rings (SSSR count). The predicted octanol–water partition coefficient (Wildman–Crippen LogP) is 1.88. The molecule has 0 atom stereocenters. The lowest BCUT2D eigenvalue weighted by Gasteiger charge is -2.03. The molecule has 0 fully saturated rings. The first kappa shape index (κ1) is 12.3. The van der Waals surface area contributed by atoms with Crippen molar-refractivity contribution in [3.8, 4) is 6.07 Å². The topological polar surface area (TPSA) is 76.7 Å². The number of thioether (sulfide) groups is 1. The quantitative estimate of drug-likeness (QED) is 0.602. The highest BCUT2D eigenvalue weighted by atomic mass is 32.2. The fourth-order valence-electron chi connectivity index (χ4n) is 1.04. The SMILES string of the molecule is N#Cc1ccc(NC(=O)CSCC=N)cc1. The van der Waals surface area contributed by atoms with Crippen molar-refractivity contribution in [2.75, 3.05) is 16.8 Å². The summed E-state index contributed by atoms with van der Waals surface area (Å²) < 4.78 is 0.